The summed E-state index contributed by atoms with van der Waals surface area (Å²) in [7, 11) is -3.71. The van der Waals surface area contributed by atoms with Gasteiger partial charge in [0.15, 0.2) is 0 Å². The molecule has 1 saturated carbocycles. The maximum absolute atomic E-state index is 12.1. The molecule has 0 aromatic carbocycles. The number of carbonyl (C=O) groups is 2. The summed E-state index contributed by atoms with van der Waals surface area (Å²) in [5.41, 5.74) is -1.33. The number of sulfonamides is 1. The van der Waals surface area contributed by atoms with Crippen LogP contribution in [0, 0.1) is 0 Å². The zero-order valence-corrected chi connectivity index (χ0v) is 14.1. The molecular formula is C14H26N2O5S. The van der Waals surface area contributed by atoms with Crippen LogP contribution in [0.5, 0.6) is 0 Å². The van der Waals surface area contributed by atoms with Crippen molar-refractivity contribution in [2.24, 2.45) is 0 Å². The molecule has 8 heteroatoms. The molecule has 0 saturated heterocycles. The second-order valence-electron chi connectivity index (χ2n) is 5.69. The fourth-order valence-electron chi connectivity index (χ4n) is 2.90. The third-order valence-electron chi connectivity index (χ3n) is 4.16. The fourth-order valence-corrected chi connectivity index (χ4v) is 4.27. The van der Waals surface area contributed by atoms with Crippen LogP contribution in [0.25, 0.3) is 0 Å². The van der Waals surface area contributed by atoms with Gasteiger partial charge >= 0.3 is 5.97 Å². The van der Waals surface area contributed by atoms with Crippen LogP contribution in [0.4, 0.5) is 0 Å². The summed E-state index contributed by atoms with van der Waals surface area (Å²) in [4.78, 5) is 23.7. The van der Waals surface area contributed by atoms with Crippen LogP contribution in [-0.4, -0.2) is 54.1 Å². The number of carboxylic acids is 1. The van der Waals surface area contributed by atoms with E-state index in [-0.39, 0.29) is 13.1 Å². The molecule has 1 amide bonds. The van der Waals surface area contributed by atoms with Gasteiger partial charge in [-0.25, -0.2) is 17.5 Å². The second-order valence-corrected chi connectivity index (χ2v) is 7.66. The van der Waals surface area contributed by atoms with E-state index in [9.17, 15) is 23.1 Å². The number of nitrogens with one attached hydrogen (secondary N) is 1. The topological polar surface area (TPSA) is 104 Å². The van der Waals surface area contributed by atoms with Crippen LogP contribution in [0.1, 0.15) is 52.4 Å². The van der Waals surface area contributed by atoms with Gasteiger partial charge in [-0.05, 0) is 12.8 Å². The SMILES string of the molecule is CCN(CC)S(=O)(=O)CC(=O)NC1(C(=O)O)CCCCCC1. The van der Waals surface area contributed by atoms with Crippen LogP contribution >= 0.6 is 0 Å². The van der Waals surface area contributed by atoms with Crippen LogP contribution in [0.15, 0.2) is 0 Å². The van der Waals surface area contributed by atoms with Gasteiger partial charge in [0, 0.05) is 13.1 Å². The van der Waals surface area contributed by atoms with E-state index in [0.29, 0.717) is 12.8 Å². The lowest BCUT2D eigenvalue weighted by atomic mass is 9.90. The van der Waals surface area contributed by atoms with Gasteiger partial charge in [-0.1, -0.05) is 39.5 Å². The Labute approximate surface area is 132 Å². The molecule has 1 aliphatic carbocycles. The molecule has 0 spiro atoms. The second kappa shape index (κ2) is 7.92. The molecule has 0 atom stereocenters. The number of hydrogen-bond donors (Lipinski definition) is 2. The molecule has 1 aliphatic rings. The number of rotatable bonds is 7. The molecule has 0 unspecified atom stereocenters. The van der Waals surface area contributed by atoms with E-state index >= 15 is 0 Å². The highest BCUT2D eigenvalue weighted by atomic mass is 32.2. The van der Waals surface area contributed by atoms with Crippen LogP contribution in [0.3, 0.4) is 0 Å². The van der Waals surface area contributed by atoms with Gasteiger partial charge in [-0.2, -0.15) is 0 Å². The average molecular weight is 334 g/mol. The first-order chi connectivity index (χ1) is 10.3. The van der Waals surface area contributed by atoms with Gasteiger partial charge in [0.25, 0.3) is 0 Å². The van der Waals surface area contributed by atoms with Gasteiger partial charge in [-0.3, -0.25) is 4.79 Å². The quantitative estimate of drug-likeness (QED) is 0.675. The number of hydrogen-bond acceptors (Lipinski definition) is 4. The van der Waals surface area contributed by atoms with E-state index in [2.05, 4.69) is 5.32 Å². The molecule has 0 aromatic rings. The van der Waals surface area contributed by atoms with Crippen molar-refractivity contribution in [1.29, 1.82) is 0 Å². The first-order valence-corrected chi connectivity index (χ1v) is 9.40. The van der Waals surface area contributed by atoms with E-state index in [1.807, 2.05) is 0 Å². The van der Waals surface area contributed by atoms with E-state index in [4.69, 9.17) is 0 Å². The Morgan fingerprint density at radius 3 is 2.00 bits per heavy atom. The molecule has 0 aliphatic heterocycles. The molecule has 1 fully saturated rings. The maximum Gasteiger partial charge on any atom is 0.329 e. The van der Waals surface area contributed by atoms with Gasteiger partial charge < -0.3 is 10.4 Å². The van der Waals surface area contributed by atoms with Crippen molar-refractivity contribution < 1.29 is 23.1 Å². The summed E-state index contributed by atoms with van der Waals surface area (Å²) in [5.74, 6) is -2.52. The Morgan fingerprint density at radius 1 is 1.09 bits per heavy atom. The van der Waals surface area contributed by atoms with Crippen LogP contribution in [-0.2, 0) is 19.6 Å². The number of carbonyl (C=O) groups excluding carboxylic acids is 1. The minimum absolute atomic E-state index is 0.288. The van der Waals surface area contributed by atoms with Crippen molar-refractivity contribution in [3.05, 3.63) is 0 Å². The summed E-state index contributed by atoms with van der Waals surface area (Å²) >= 11 is 0. The molecule has 0 aromatic heterocycles. The zero-order valence-electron chi connectivity index (χ0n) is 13.3. The van der Waals surface area contributed by atoms with Crippen molar-refractivity contribution in [3.8, 4) is 0 Å². The number of carboxylic acid groups (broad SMARTS) is 1. The molecule has 22 heavy (non-hydrogen) atoms. The van der Waals surface area contributed by atoms with E-state index in [1.165, 1.54) is 4.31 Å². The lowest BCUT2D eigenvalue weighted by Crippen LogP contribution is -2.56. The Morgan fingerprint density at radius 2 is 1.59 bits per heavy atom. The van der Waals surface area contributed by atoms with Crippen molar-refractivity contribution in [2.75, 3.05) is 18.8 Å². The summed E-state index contributed by atoms with van der Waals surface area (Å²) in [6, 6.07) is 0. The summed E-state index contributed by atoms with van der Waals surface area (Å²) in [6.07, 6.45) is 3.99. The highest BCUT2D eigenvalue weighted by molar-refractivity contribution is 7.89. The Kier molecular flexibility index (Phi) is 6.80. The molecule has 1 rings (SSSR count). The number of aliphatic carboxylic acids is 1. The van der Waals surface area contributed by atoms with Crippen molar-refractivity contribution in [3.63, 3.8) is 0 Å². The van der Waals surface area contributed by atoms with Crippen molar-refractivity contribution in [2.45, 2.75) is 57.9 Å². The van der Waals surface area contributed by atoms with Crippen LogP contribution < -0.4 is 5.32 Å². The average Bonchev–Trinajstić information content (AvgIpc) is 2.65. The molecule has 2 N–H and O–H groups in total. The van der Waals surface area contributed by atoms with E-state index < -0.39 is 33.2 Å². The van der Waals surface area contributed by atoms with Crippen molar-refractivity contribution >= 4 is 21.9 Å². The molecule has 128 valence electrons. The fraction of sp³-hybridized carbons (Fsp3) is 0.857. The summed E-state index contributed by atoms with van der Waals surface area (Å²) in [6.45, 7) is 3.97. The first kappa shape index (κ1) is 18.9. The Bertz CT molecular complexity index is 491. The Balaban J connectivity index is 2.82. The van der Waals surface area contributed by atoms with Crippen molar-refractivity contribution in [1.82, 2.24) is 9.62 Å². The lowest BCUT2D eigenvalue weighted by molar-refractivity contribution is -0.148. The lowest BCUT2D eigenvalue weighted by Gasteiger charge is -2.29. The third-order valence-corrected chi connectivity index (χ3v) is 6.09. The summed E-state index contributed by atoms with van der Waals surface area (Å²) < 4.78 is 25.4. The predicted molar refractivity (Wildman–Crippen MR) is 82.9 cm³/mol. The largest absolute Gasteiger partial charge is 0.480 e. The first-order valence-electron chi connectivity index (χ1n) is 7.79. The molecule has 7 nitrogen and oxygen atoms in total. The molecule has 0 radical (unpaired) electrons. The van der Waals surface area contributed by atoms with Gasteiger partial charge in [0.1, 0.15) is 11.3 Å². The minimum atomic E-state index is -3.71. The molecule has 0 heterocycles. The zero-order chi connectivity index (χ0) is 16.8. The highest BCUT2D eigenvalue weighted by Crippen LogP contribution is 2.27. The van der Waals surface area contributed by atoms with E-state index in [0.717, 1.165) is 25.7 Å². The third kappa shape index (κ3) is 4.67. The highest BCUT2D eigenvalue weighted by Gasteiger charge is 2.40. The van der Waals surface area contributed by atoms with E-state index in [1.54, 1.807) is 13.8 Å². The predicted octanol–water partition coefficient (Wildman–Crippen LogP) is 0.952. The standard InChI is InChI=1S/C14H26N2O5S/c1-3-16(4-2)22(20,21)11-12(17)15-14(13(18)19)9-7-5-6-8-10-14/h3-11H2,1-2H3,(H,15,17)(H,18,19). The maximum atomic E-state index is 12.1. The van der Waals surface area contributed by atoms with Gasteiger partial charge in [0.05, 0.1) is 0 Å². The number of nitrogens with zero attached hydrogens (tertiary/aromatic N) is 1. The van der Waals surface area contributed by atoms with Crippen LogP contribution in [0.2, 0.25) is 0 Å². The minimum Gasteiger partial charge on any atom is -0.480 e. The molecule has 0 bridgehead atoms. The number of amides is 1. The van der Waals surface area contributed by atoms with Gasteiger partial charge in [-0.15, -0.1) is 0 Å². The summed E-state index contributed by atoms with van der Waals surface area (Å²) in [5, 5.41) is 12.0. The molecular weight excluding hydrogens is 308 g/mol. The monoisotopic (exact) mass is 334 g/mol. The Hall–Kier alpha value is -1.15. The smallest absolute Gasteiger partial charge is 0.329 e. The normalized spacial score (nSPS) is 18.7. The van der Waals surface area contributed by atoms with Gasteiger partial charge in [0.2, 0.25) is 15.9 Å².